The molecular formula is C25H31F3N4O. The summed E-state index contributed by atoms with van der Waals surface area (Å²) in [5.41, 5.74) is 7.47. The van der Waals surface area contributed by atoms with E-state index in [1.807, 2.05) is 0 Å². The Morgan fingerprint density at radius 3 is 2.61 bits per heavy atom. The van der Waals surface area contributed by atoms with Crippen LogP contribution in [0.2, 0.25) is 0 Å². The molecule has 2 heterocycles. The van der Waals surface area contributed by atoms with Gasteiger partial charge in [0.1, 0.15) is 11.6 Å². The Kier molecular flexibility index (Phi) is 6.56. The standard InChI is InChI=1S/C25H31F3N4O/c1-16-12-22-18(3)32(17(2)20-6-5-7-21(14-20)33-25(26,27)28)30-24(23(22)13-16)29-15-19-8-10-31(4)11-9-19/h5-7,14,16,19H,2-3,8-13,15H2,1,4H3,(H,29,30). The zero-order valence-electron chi connectivity index (χ0n) is 19.2. The number of hydrogen-bond acceptors (Lipinski definition) is 4. The number of rotatable bonds is 5. The van der Waals surface area contributed by atoms with Crippen LogP contribution in [0.1, 0.15) is 38.2 Å². The molecule has 4 rings (SSSR count). The van der Waals surface area contributed by atoms with Crippen LogP contribution in [-0.4, -0.2) is 48.8 Å². The Bertz CT molecular complexity index is 990. The van der Waals surface area contributed by atoms with Crippen molar-refractivity contribution < 1.29 is 17.9 Å². The molecule has 1 saturated heterocycles. The molecule has 1 atom stereocenters. The van der Waals surface area contributed by atoms with Gasteiger partial charge in [-0.1, -0.05) is 32.2 Å². The maximum atomic E-state index is 12.7. The van der Waals surface area contributed by atoms with Gasteiger partial charge in [0.15, 0.2) is 0 Å². The number of hydrogen-bond donors (Lipinski definition) is 1. The minimum Gasteiger partial charge on any atom is -0.406 e. The van der Waals surface area contributed by atoms with Crippen LogP contribution in [0.4, 0.5) is 13.2 Å². The topological polar surface area (TPSA) is 40.1 Å². The third-order valence-corrected chi connectivity index (χ3v) is 6.61. The molecule has 1 N–H and O–H groups in total. The summed E-state index contributed by atoms with van der Waals surface area (Å²) in [6.45, 7) is 13.5. The van der Waals surface area contributed by atoms with Gasteiger partial charge in [-0.3, -0.25) is 15.4 Å². The molecule has 0 amide bonds. The van der Waals surface area contributed by atoms with Gasteiger partial charge in [0.05, 0.1) is 11.4 Å². The number of nitrogens with one attached hydrogen (secondary N) is 1. The van der Waals surface area contributed by atoms with E-state index in [0.29, 0.717) is 23.1 Å². The average molecular weight is 461 g/mol. The molecule has 1 aliphatic carbocycles. The molecule has 1 aromatic rings. The fraction of sp³-hybridized carbons (Fsp3) is 0.480. The summed E-state index contributed by atoms with van der Waals surface area (Å²) in [6.07, 6.45) is -0.664. The number of benzene rings is 1. The van der Waals surface area contributed by atoms with E-state index in [4.69, 9.17) is 4.99 Å². The number of ether oxygens (including phenoxy) is 1. The summed E-state index contributed by atoms with van der Waals surface area (Å²) >= 11 is 0. The predicted octanol–water partition coefficient (Wildman–Crippen LogP) is 5.36. The van der Waals surface area contributed by atoms with Gasteiger partial charge in [0.25, 0.3) is 0 Å². The SMILES string of the molecule is C=C1C2=C(CC(C)C2)C(=NCC2CCN(C)CC2)NN1C(=C)c1cccc(OC(F)(F)F)c1. The highest BCUT2D eigenvalue weighted by Crippen LogP contribution is 2.41. The monoisotopic (exact) mass is 460 g/mol. The second-order valence-electron chi connectivity index (χ2n) is 9.32. The molecule has 8 heteroatoms. The van der Waals surface area contributed by atoms with Gasteiger partial charge in [0, 0.05) is 17.7 Å². The third kappa shape index (κ3) is 5.43. The van der Waals surface area contributed by atoms with Crippen molar-refractivity contribution in [1.82, 2.24) is 15.3 Å². The van der Waals surface area contributed by atoms with E-state index in [2.05, 4.69) is 42.2 Å². The van der Waals surface area contributed by atoms with Gasteiger partial charge in [-0.25, -0.2) is 0 Å². The Morgan fingerprint density at radius 1 is 1.21 bits per heavy atom. The lowest BCUT2D eigenvalue weighted by Gasteiger charge is -2.36. The fourth-order valence-electron chi connectivity index (χ4n) is 4.75. The molecular weight excluding hydrogens is 429 g/mol. The van der Waals surface area contributed by atoms with Crippen LogP contribution >= 0.6 is 0 Å². The summed E-state index contributed by atoms with van der Waals surface area (Å²) in [4.78, 5) is 7.31. The van der Waals surface area contributed by atoms with E-state index in [-0.39, 0.29) is 5.75 Å². The Morgan fingerprint density at radius 2 is 1.91 bits per heavy atom. The number of allylic oxidation sites excluding steroid dienone is 1. The molecule has 2 aliphatic heterocycles. The minimum absolute atomic E-state index is 0.283. The molecule has 0 radical (unpaired) electrons. The minimum atomic E-state index is -4.75. The number of piperidine rings is 1. The molecule has 0 aromatic heterocycles. The van der Waals surface area contributed by atoms with Crippen LogP contribution < -0.4 is 10.2 Å². The number of likely N-dealkylation sites (tertiary alicyclic amines) is 1. The molecule has 33 heavy (non-hydrogen) atoms. The van der Waals surface area contributed by atoms with Crippen molar-refractivity contribution >= 4 is 11.5 Å². The summed E-state index contributed by atoms with van der Waals surface area (Å²) in [6, 6.07) is 5.83. The maximum absolute atomic E-state index is 12.7. The molecule has 1 unspecified atom stereocenters. The van der Waals surface area contributed by atoms with Crippen molar-refractivity contribution in [3.63, 3.8) is 0 Å². The van der Waals surface area contributed by atoms with Crippen LogP contribution in [0, 0.1) is 11.8 Å². The van der Waals surface area contributed by atoms with Crippen molar-refractivity contribution in [2.45, 2.75) is 39.0 Å². The van der Waals surface area contributed by atoms with E-state index >= 15 is 0 Å². The Hall–Kier alpha value is -2.74. The van der Waals surface area contributed by atoms with Gasteiger partial charge >= 0.3 is 6.36 Å². The van der Waals surface area contributed by atoms with Crippen molar-refractivity contribution in [2.24, 2.45) is 16.8 Å². The summed E-state index contributed by atoms with van der Waals surface area (Å²) in [7, 11) is 2.14. The first kappa shape index (κ1) is 23.4. The normalized spacial score (nSPS) is 23.7. The lowest BCUT2D eigenvalue weighted by atomic mass is 9.97. The molecule has 1 aromatic carbocycles. The molecule has 0 bridgehead atoms. The van der Waals surface area contributed by atoms with Crippen LogP contribution in [0.25, 0.3) is 5.70 Å². The first-order valence-corrected chi connectivity index (χ1v) is 11.4. The number of alkyl halides is 3. The van der Waals surface area contributed by atoms with E-state index in [0.717, 1.165) is 62.4 Å². The van der Waals surface area contributed by atoms with Gasteiger partial charge < -0.3 is 9.64 Å². The van der Waals surface area contributed by atoms with Crippen LogP contribution in [0.15, 0.2) is 59.3 Å². The predicted molar refractivity (Wildman–Crippen MR) is 124 cm³/mol. The first-order chi connectivity index (χ1) is 15.6. The van der Waals surface area contributed by atoms with Crippen LogP contribution in [-0.2, 0) is 0 Å². The molecule has 0 spiro atoms. The third-order valence-electron chi connectivity index (χ3n) is 6.61. The lowest BCUT2D eigenvalue weighted by Crippen LogP contribution is -2.45. The number of amidine groups is 1. The van der Waals surface area contributed by atoms with Gasteiger partial charge in [-0.15, -0.1) is 13.2 Å². The molecule has 1 fully saturated rings. The zero-order valence-corrected chi connectivity index (χ0v) is 19.2. The molecule has 178 valence electrons. The van der Waals surface area contributed by atoms with E-state index in [9.17, 15) is 13.2 Å². The lowest BCUT2D eigenvalue weighted by molar-refractivity contribution is -0.274. The summed E-state index contributed by atoms with van der Waals surface area (Å²) in [5, 5.41) is 1.75. The first-order valence-electron chi connectivity index (χ1n) is 11.4. The van der Waals surface area contributed by atoms with E-state index in [1.54, 1.807) is 11.1 Å². The molecule has 3 aliphatic rings. The van der Waals surface area contributed by atoms with Crippen LogP contribution in [0.3, 0.4) is 0 Å². The van der Waals surface area contributed by atoms with Gasteiger partial charge in [0.2, 0.25) is 0 Å². The Labute approximate surface area is 193 Å². The largest absolute Gasteiger partial charge is 0.573 e. The van der Waals surface area contributed by atoms with Gasteiger partial charge in [-0.2, -0.15) is 0 Å². The second kappa shape index (κ2) is 9.25. The van der Waals surface area contributed by atoms with E-state index in [1.165, 1.54) is 23.8 Å². The van der Waals surface area contributed by atoms with Crippen molar-refractivity contribution in [1.29, 1.82) is 0 Å². The Balaban J connectivity index is 1.56. The number of nitrogens with zero attached hydrogens (tertiary/aromatic N) is 3. The fourth-order valence-corrected chi connectivity index (χ4v) is 4.75. The van der Waals surface area contributed by atoms with Crippen molar-refractivity contribution in [3.05, 3.63) is 59.8 Å². The molecule has 0 saturated carbocycles. The smallest absolute Gasteiger partial charge is 0.406 e. The molecule has 5 nitrogen and oxygen atoms in total. The van der Waals surface area contributed by atoms with Gasteiger partial charge in [-0.05, 0) is 75.4 Å². The van der Waals surface area contributed by atoms with E-state index < -0.39 is 6.36 Å². The maximum Gasteiger partial charge on any atom is 0.573 e. The quantitative estimate of drug-likeness (QED) is 0.643. The average Bonchev–Trinajstić information content (AvgIpc) is 3.15. The second-order valence-corrected chi connectivity index (χ2v) is 9.32. The van der Waals surface area contributed by atoms with Crippen molar-refractivity contribution in [2.75, 3.05) is 26.7 Å². The zero-order chi connectivity index (χ0) is 23.8. The number of halogens is 3. The number of hydrazine groups is 1. The highest BCUT2D eigenvalue weighted by atomic mass is 19.4. The highest BCUT2D eigenvalue weighted by Gasteiger charge is 2.35. The van der Waals surface area contributed by atoms with Crippen molar-refractivity contribution in [3.8, 4) is 5.75 Å². The summed E-state index contributed by atoms with van der Waals surface area (Å²) in [5.74, 6) is 1.58. The summed E-state index contributed by atoms with van der Waals surface area (Å²) < 4.78 is 42.1. The number of aliphatic imine (C=N–C) groups is 1. The van der Waals surface area contributed by atoms with Crippen LogP contribution in [0.5, 0.6) is 5.75 Å². The highest BCUT2D eigenvalue weighted by molar-refractivity contribution is 6.02.